The summed E-state index contributed by atoms with van der Waals surface area (Å²) in [5, 5.41) is 7.59. The lowest BCUT2D eigenvalue weighted by molar-refractivity contribution is 0.0655. The number of hydrogen-bond donors (Lipinski definition) is 1. The zero-order valence-corrected chi connectivity index (χ0v) is 15.6. The van der Waals surface area contributed by atoms with Gasteiger partial charge in [-0.3, -0.25) is 14.8 Å². The minimum absolute atomic E-state index is 0.127. The van der Waals surface area contributed by atoms with Crippen molar-refractivity contribution in [3.8, 4) is 0 Å². The Kier molecular flexibility index (Phi) is 4.82. The standard InChI is InChI=1S/C19H31N5O/c1-22(2)15-6-10-24(11-7-15)19(25)18-16-8-9-23(12-14-4-3-5-14)13-17(16)20-21-18/h14-15H,3-13H2,1-2H3,(H,20,21). The van der Waals surface area contributed by atoms with Gasteiger partial charge in [-0.1, -0.05) is 6.42 Å². The molecule has 3 heterocycles. The largest absolute Gasteiger partial charge is 0.337 e. The Morgan fingerprint density at radius 3 is 2.60 bits per heavy atom. The Balaban J connectivity index is 1.38. The fourth-order valence-electron chi connectivity index (χ4n) is 4.48. The third kappa shape index (κ3) is 3.47. The Hall–Kier alpha value is -1.40. The highest BCUT2D eigenvalue weighted by Crippen LogP contribution is 2.29. The Bertz CT molecular complexity index is 613. The van der Waals surface area contributed by atoms with Gasteiger partial charge in [-0.25, -0.2) is 0 Å². The number of carbonyl (C=O) groups is 1. The van der Waals surface area contributed by atoms with Crippen molar-refractivity contribution < 1.29 is 4.79 Å². The van der Waals surface area contributed by atoms with E-state index in [0.29, 0.717) is 11.7 Å². The predicted octanol–water partition coefficient (Wildman–Crippen LogP) is 1.73. The van der Waals surface area contributed by atoms with Crippen LogP contribution in [0.3, 0.4) is 0 Å². The summed E-state index contributed by atoms with van der Waals surface area (Å²) >= 11 is 0. The second-order valence-corrected chi connectivity index (χ2v) is 8.30. The van der Waals surface area contributed by atoms with Crippen LogP contribution in [0.2, 0.25) is 0 Å². The molecule has 0 unspecified atom stereocenters. The average Bonchev–Trinajstić information content (AvgIpc) is 3.00. The van der Waals surface area contributed by atoms with E-state index in [1.807, 2.05) is 4.90 Å². The van der Waals surface area contributed by atoms with Crippen LogP contribution in [-0.4, -0.2) is 77.1 Å². The first-order valence-electron chi connectivity index (χ1n) is 9.86. The number of piperidine rings is 1. The Labute approximate surface area is 150 Å². The van der Waals surface area contributed by atoms with E-state index in [9.17, 15) is 4.79 Å². The minimum Gasteiger partial charge on any atom is -0.337 e. The molecule has 0 bridgehead atoms. The molecule has 1 amide bonds. The summed E-state index contributed by atoms with van der Waals surface area (Å²) in [6, 6.07) is 0.595. The molecule has 0 spiro atoms. The maximum absolute atomic E-state index is 12.9. The van der Waals surface area contributed by atoms with Gasteiger partial charge in [0.15, 0.2) is 5.69 Å². The van der Waals surface area contributed by atoms with Gasteiger partial charge in [0, 0.05) is 44.3 Å². The highest BCUT2D eigenvalue weighted by Gasteiger charge is 2.31. The summed E-state index contributed by atoms with van der Waals surface area (Å²) < 4.78 is 0. The number of nitrogens with one attached hydrogen (secondary N) is 1. The number of carbonyl (C=O) groups excluding carboxylic acids is 1. The quantitative estimate of drug-likeness (QED) is 0.903. The third-order valence-corrected chi connectivity index (χ3v) is 6.44. The van der Waals surface area contributed by atoms with Crippen LogP contribution >= 0.6 is 0 Å². The molecule has 1 saturated heterocycles. The lowest BCUT2D eigenvalue weighted by Crippen LogP contribution is -2.45. The van der Waals surface area contributed by atoms with Crippen molar-refractivity contribution in [3.63, 3.8) is 0 Å². The Morgan fingerprint density at radius 1 is 1.20 bits per heavy atom. The molecule has 0 atom stereocenters. The van der Waals surface area contributed by atoms with Crippen molar-refractivity contribution in [1.29, 1.82) is 0 Å². The van der Waals surface area contributed by atoms with Crippen LogP contribution in [0.15, 0.2) is 0 Å². The van der Waals surface area contributed by atoms with E-state index >= 15 is 0 Å². The SMILES string of the molecule is CN(C)C1CCN(C(=O)c2n[nH]c3c2CCN(CC2CCC2)C3)CC1. The fraction of sp³-hybridized carbons (Fsp3) is 0.789. The van der Waals surface area contributed by atoms with Gasteiger partial charge in [-0.15, -0.1) is 0 Å². The first-order valence-corrected chi connectivity index (χ1v) is 9.86. The van der Waals surface area contributed by atoms with Gasteiger partial charge in [0.1, 0.15) is 0 Å². The highest BCUT2D eigenvalue weighted by molar-refractivity contribution is 5.94. The summed E-state index contributed by atoms with van der Waals surface area (Å²) in [4.78, 5) is 19.7. The number of rotatable bonds is 4. The van der Waals surface area contributed by atoms with E-state index in [2.05, 4.69) is 34.1 Å². The predicted molar refractivity (Wildman–Crippen MR) is 97.5 cm³/mol. The molecule has 2 fully saturated rings. The van der Waals surface area contributed by atoms with E-state index in [1.54, 1.807) is 0 Å². The molecule has 1 aromatic rings. The van der Waals surface area contributed by atoms with E-state index in [4.69, 9.17) is 0 Å². The van der Waals surface area contributed by atoms with Crippen molar-refractivity contribution in [1.82, 2.24) is 24.9 Å². The molecule has 0 radical (unpaired) electrons. The lowest BCUT2D eigenvalue weighted by Gasteiger charge is -2.35. The minimum atomic E-state index is 0.127. The first-order chi connectivity index (χ1) is 12.1. The number of hydrogen-bond acceptors (Lipinski definition) is 4. The van der Waals surface area contributed by atoms with Gasteiger partial charge < -0.3 is 9.80 Å². The summed E-state index contributed by atoms with van der Waals surface area (Å²) in [6.07, 6.45) is 7.24. The maximum atomic E-state index is 12.9. The van der Waals surface area contributed by atoms with Crippen LogP contribution in [0.25, 0.3) is 0 Å². The second-order valence-electron chi connectivity index (χ2n) is 8.30. The number of nitrogens with zero attached hydrogens (tertiary/aromatic N) is 4. The topological polar surface area (TPSA) is 55.5 Å². The highest BCUT2D eigenvalue weighted by atomic mass is 16.2. The van der Waals surface area contributed by atoms with Gasteiger partial charge in [0.25, 0.3) is 5.91 Å². The molecule has 6 heteroatoms. The molecule has 0 aromatic carbocycles. The molecule has 1 saturated carbocycles. The first kappa shape index (κ1) is 17.0. The number of amides is 1. The monoisotopic (exact) mass is 345 g/mol. The zero-order valence-electron chi connectivity index (χ0n) is 15.6. The third-order valence-electron chi connectivity index (χ3n) is 6.44. The molecule has 25 heavy (non-hydrogen) atoms. The molecular formula is C19H31N5O. The van der Waals surface area contributed by atoms with Crippen molar-refractivity contribution in [3.05, 3.63) is 17.0 Å². The van der Waals surface area contributed by atoms with Crippen molar-refractivity contribution in [2.24, 2.45) is 5.92 Å². The van der Waals surface area contributed by atoms with Crippen molar-refractivity contribution >= 4 is 5.91 Å². The number of H-pyrrole nitrogens is 1. The fourth-order valence-corrected chi connectivity index (χ4v) is 4.48. The lowest BCUT2D eigenvalue weighted by atomic mass is 9.84. The summed E-state index contributed by atoms with van der Waals surface area (Å²) in [5.74, 6) is 1.02. The van der Waals surface area contributed by atoms with E-state index in [0.717, 1.165) is 57.1 Å². The van der Waals surface area contributed by atoms with Crippen molar-refractivity contribution in [2.75, 3.05) is 40.3 Å². The van der Waals surface area contributed by atoms with Crippen LogP contribution in [0.5, 0.6) is 0 Å². The molecule has 1 aliphatic carbocycles. The molecule has 3 aliphatic rings. The van der Waals surface area contributed by atoms with Gasteiger partial charge >= 0.3 is 0 Å². The average molecular weight is 345 g/mol. The molecule has 138 valence electrons. The van der Waals surface area contributed by atoms with Crippen LogP contribution < -0.4 is 0 Å². The number of likely N-dealkylation sites (tertiary alicyclic amines) is 1. The number of aromatic nitrogens is 2. The summed E-state index contributed by atoms with van der Waals surface area (Å²) in [7, 11) is 4.25. The van der Waals surface area contributed by atoms with Crippen molar-refractivity contribution in [2.45, 2.75) is 51.1 Å². The molecule has 6 nitrogen and oxygen atoms in total. The maximum Gasteiger partial charge on any atom is 0.274 e. The van der Waals surface area contributed by atoms with E-state index in [-0.39, 0.29) is 5.91 Å². The van der Waals surface area contributed by atoms with Crippen LogP contribution in [0.4, 0.5) is 0 Å². The molecule has 2 aliphatic heterocycles. The van der Waals surface area contributed by atoms with E-state index < -0.39 is 0 Å². The summed E-state index contributed by atoms with van der Waals surface area (Å²) in [5.41, 5.74) is 3.02. The summed E-state index contributed by atoms with van der Waals surface area (Å²) in [6.45, 7) is 4.88. The van der Waals surface area contributed by atoms with E-state index in [1.165, 1.54) is 31.4 Å². The molecule has 1 aromatic heterocycles. The van der Waals surface area contributed by atoms with Crippen LogP contribution in [0, 0.1) is 5.92 Å². The van der Waals surface area contributed by atoms with Gasteiger partial charge in [-0.2, -0.15) is 5.10 Å². The van der Waals surface area contributed by atoms with Gasteiger partial charge in [-0.05, 0) is 52.1 Å². The van der Waals surface area contributed by atoms with Crippen LogP contribution in [0.1, 0.15) is 53.8 Å². The normalized spacial score (nSPS) is 22.9. The smallest absolute Gasteiger partial charge is 0.274 e. The molecular weight excluding hydrogens is 314 g/mol. The number of aromatic amines is 1. The molecule has 1 N–H and O–H groups in total. The van der Waals surface area contributed by atoms with Gasteiger partial charge in [0.2, 0.25) is 0 Å². The second kappa shape index (κ2) is 7.08. The van der Waals surface area contributed by atoms with Gasteiger partial charge in [0.05, 0.1) is 5.69 Å². The number of fused-ring (bicyclic) bond motifs is 1. The zero-order chi connectivity index (χ0) is 17.4. The molecule has 4 rings (SSSR count). The van der Waals surface area contributed by atoms with Crippen LogP contribution in [-0.2, 0) is 13.0 Å². The Morgan fingerprint density at radius 2 is 1.96 bits per heavy atom.